The topological polar surface area (TPSA) is 90.5 Å². The highest BCUT2D eigenvalue weighted by atomic mass is 19.1. The summed E-state index contributed by atoms with van der Waals surface area (Å²) in [6.07, 6.45) is 2.99. The molecule has 1 aliphatic rings. The van der Waals surface area contributed by atoms with Crippen molar-refractivity contribution < 1.29 is 28.2 Å². The molecule has 0 atom stereocenters. The van der Waals surface area contributed by atoms with Crippen molar-refractivity contribution in [2.45, 2.75) is 73.5 Å². The molecule has 48 heavy (non-hydrogen) atoms. The third-order valence-electron chi connectivity index (χ3n) is 8.62. The largest absolute Gasteiger partial charge is 0.493 e. The van der Waals surface area contributed by atoms with Crippen LogP contribution in [0.15, 0.2) is 48.5 Å². The van der Waals surface area contributed by atoms with Gasteiger partial charge in [0.25, 0.3) is 0 Å². The number of rotatable bonds is 9. The predicted molar refractivity (Wildman–Crippen MR) is 188 cm³/mol. The van der Waals surface area contributed by atoms with E-state index in [1.165, 1.54) is 12.1 Å². The number of aromatic nitrogens is 3. The molecule has 0 spiro atoms. The molecule has 0 fully saturated rings. The van der Waals surface area contributed by atoms with Crippen LogP contribution in [0.5, 0.6) is 5.75 Å². The van der Waals surface area contributed by atoms with E-state index in [0.717, 1.165) is 25.2 Å². The van der Waals surface area contributed by atoms with Gasteiger partial charge in [0.15, 0.2) is 0 Å². The normalized spacial score (nSPS) is 12.9. The van der Waals surface area contributed by atoms with E-state index in [0.29, 0.717) is 95.3 Å². The Kier molecular flexibility index (Phi) is 12.7. The summed E-state index contributed by atoms with van der Waals surface area (Å²) in [6, 6.07) is 13.3. The third-order valence-corrected chi connectivity index (χ3v) is 8.62. The fraction of sp³-hybridized carbons (Fsp3) is 0.421. The Balaban J connectivity index is 0.000000808. The Labute approximate surface area is 281 Å². The van der Waals surface area contributed by atoms with Crippen LogP contribution in [0.1, 0.15) is 74.9 Å². The van der Waals surface area contributed by atoms with E-state index in [-0.39, 0.29) is 25.5 Å². The highest BCUT2D eigenvalue weighted by Gasteiger charge is 2.29. The number of carboxylic acid groups (broad SMARTS) is 1. The molecule has 0 bridgehead atoms. The summed E-state index contributed by atoms with van der Waals surface area (Å²) >= 11 is 0. The van der Waals surface area contributed by atoms with E-state index in [4.69, 9.17) is 9.47 Å². The molecule has 0 amide bonds. The maximum absolute atomic E-state index is 15.9. The zero-order chi connectivity index (χ0) is 33.5. The molecule has 10 heteroatoms. The van der Waals surface area contributed by atoms with Crippen LogP contribution in [-0.4, -0.2) is 51.7 Å². The first-order chi connectivity index (χ1) is 22.8. The quantitative estimate of drug-likeness (QED) is 0.154. The van der Waals surface area contributed by atoms with Gasteiger partial charge in [-0.25, -0.2) is 13.6 Å². The highest BCUT2D eigenvalue weighted by Crippen LogP contribution is 2.41. The standard InChI is InChI=1S/C33H33F2N3O4.C4H11N.CH4/c1-3-27-30-26(36-37(27)2)19-41-17-7-6-16-38-31-23(12-13-25(35)29(30)31)22(32(38)33(39)40)11-8-18-42-28-15-14-24(34)20-9-4-5-10-21(20)28;1-3-5-4-2;/h4-5,9-10,12-15H,3,6-8,11,16-19H2,1-2H3,(H,39,40);5H,3-4H2,1-2H3;1H4. The molecular weight excluding hydrogens is 614 g/mol. The number of nitrogens with zero attached hydrogens (tertiary/aromatic N) is 3. The molecule has 8 nitrogen and oxygen atoms in total. The van der Waals surface area contributed by atoms with Crippen molar-refractivity contribution in [3.63, 3.8) is 0 Å². The van der Waals surface area contributed by atoms with Crippen LogP contribution in [0, 0.1) is 11.6 Å². The van der Waals surface area contributed by atoms with Crippen LogP contribution in [0.2, 0.25) is 0 Å². The second-order valence-corrected chi connectivity index (χ2v) is 11.6. The van der Waals surface area contributed by atoms with Gasteiger partial charge in [-0.15, -0.1) is 0 Å². The van der Waals surface area contributed by atoms with Crippen molar-refractivity contribution in [1.82, 2.24) is 19.7 Å². The summed E-state index contributed by atoms with van der Waals surface area (Å²) in [5.74, 6) is -1.20. The number of aryl methyl sites for hydroxylation is 3. The van der Waals surface area contributed by atoms with E-state index >= 15 is 4.39 Å². The third kappa shape index (κ3) is 7.39. The van der Waals surface area contributed by atoms with E-state index < -0.39 is 11.8 Å². The molecule has 0 aliphatic carbocycles. The van der Waals surface area contributed by atoms with Gasteiger partial charge in [-0.05, 0) is 75.0 Å². The number of hydrogen-bond donors (Lipinski definition) is 2. The lowest BCUT2D eigenvalue weighted by Crippen LogP contribution is -2.12. The monoisotopic (exact) mass is 662 g/mol. The minimum absolute atomic E-state index is 0. The summed E-state index contributed by atoms with van der Waals surface area (Å²) in [4.78, 5) is 12.8. The van der Waals surface area contributed by atoms with Crippen molar-refractivity contribution in [1.29, 1.82) is 0 Å². The van der Waals surface area contributed by atoms with E-state index in [2.05, 4.69) is 24.3 Å². The molecule has 3 heterocycles. The molecular formula is C38H48F2N4O4. The lowest BCUT2D eigenvalue weighted by atomic mass is 9.96. The molecule has 1 aliphatic heterocycles. The van der Waals surface area contributed by atoms with Gasteiger partial charge in [0.2, 0.25) is 0 Å². The van der Waals surface area contributed by atoms with Gasteiger partial charge >= 0.3 is 5.97 Å². The average molecular weight is 663 g/mol. The Morgan fingerprint density at radius 3 is 2.40 bits per heavy atom. The second kappa shape index (κ2) is 16.7. The second-order valence-electron chi connectivity index (χ2n) is 11.6. The van der Waals surface area contributed by atoms with E-state index in [1.54, 1.807) is 33.5 Å². The number of hydrogen-bond acceptors (Lipinski definition) is 5. The first-order valence-corrected chi connectivity index (χ1v) is 16.5. The number of nitrogens with one attached hydrogen (secondary N) is 1. The number of benzene rings is 3. The molecule has 0 saturated carbocycles. The molecule has 5 aromatic rings. The highest BCUT2D eigenvalue weighted by molar-refractivity contribution is 6.04. The Hall–Kier alpha value is -4.28. The fourth-order valence-electron chi connectivity index (χ4n) is 6.55. The first-order valence-electron chi connectivity index (χ1n) is 16.5. The van der Waals surface area contributed by atoms with Gasteiger partial charge in [0, 0.05) is 53.2 Å². The summed E-state index contributed by atoms with van der Waals surface area (Å²) in [5.41, 5.74) is 3.98. The van der Waals surface area contributed by atoms with Crippen LogP contribution in [-0.2, 0) is 37.8 Å². The number of fused-ring (bicyclic) bond motifs is 3. The lowest BCUT2D eigenvalue weighted by Gasteiger charge is -2.13. The van der Waals surface area contributed by atoms with Gasteiger partial charge in [-0.3, -0.25) is 4.68 Å². The number of ether oxygens (including phenoxy) is 2. The molecule has 0 radical (unpaired) electrons. The Bertz CT molecular complexity index is 1860. The SMILES string of the molecule is C.CCNCC.CCc1c2c(nn1C)COCCCCn1c(C(=O)O)c(CCCOc3ccc(F)c4ccccc34)c3ccc(F)c-2c31. The molecule has 2 N–H and O–H groups in total. The van der Waals surface area contributed by atoms with Crippen LogP contribution < -0.4 is 10.1 Å². The van der Waals surface area contributed by atoms with Gasteiger partial charge < -0.3 is 24.5 Å². The van der Waals surface area contributed by atoms with Crippen molar-refractivity contribution >= 4 is 27.6 Å². The minimum atomic E-state index is -1.05. The zero-order valence-corrected chi connectivity index (χ0v) is 27.7. The van der Waals surface area contributed by atoms with Crippen molar-refractivity contribution in [3.05, 3.63) is 82.8 Å². The van der Waals surface area contributed by atoms with Gasteiger partial charge in [-0.1, -0.05) is 52.5 Å². The Morgan fingerprint density at radius 1 is 0.979 bits per heavy atom. The van der Waals surface area contributed by atoms with Crippen molar-refractivity contribution in [2.75, 3.05) is 26.3 Å². The lowest BCUT2D eigenvalue weighted by molar-refractivity contribution is 0.0683. The van der Waals surface area contributed by atoms with Crippen molar-refractivity contribution in [3.8, 4) is 16.9 Å². The van der Waals surface area contributed by atoms with Crippen LogP contribution in [0.4, 0.5) is 8.78 Å². The average Bonchev–Trinajstić information content (AvgIpc) is 3.54. The minimum Gasteiger partial charge on any atom is -0.493 e. The summed E-state index contributed by atoms with van der Waals surface area (Å²) in [7, 11) is 1.84. The van der Waals surface area contributed by atoms with Crippen LogP contribution in [0.3, 0.4) is 0 Å². The van der Waals surface area contributed by atoms with Crippen LogP contribution in [0.25, 0.3) is 32.8 Å². The molecule has 6 rings (SSSR count). The van der Waals surface area contributed by atoms with Gasteiger partial charge in [0.05, 0.1) is 24.4 Å². The number of halogens is 2. The summed E-state index contributed by atoms with van der Waals surface area (Å²) in [6.45, 7) is 9.88. The molecule has 258 valence electrons. The number of carbonyl (C=O) groups is 1. The zero-order valence-electron chi connectivity index (χ0n) is 27.7. The predicted octanol–water partition coefficient (Wildman–Crippen LogP) is 8.31. The van der Waals surface area contributed by atoms with E-state index in [1.807, 2.05) is 26.1 Å². The summed E-state index contributed by atoms with van der Waals surface area (Å²) < 4.78 is 45.7. The number of carboxylic acids is 1. The maximum atomic E-state index is 15.9. The molecule has 0 unspecified atom stereocenters. The van der Waals surface area contributed by atoms with E-state index in [9.17, 15) is 14.3 Å². The molecule has 2 aromatic heterocycles. The smallest absolute Gasteiger partial charge is 0.352 e. The van der Waals surface area contributed by atoms with Crippen LogP contribution >= 0.6 is 0 Å². The van der Waals surface area contributed by atoms with Gasteiger partial charge in [-0.2, -0.15) is 5.10 Å². The summed E-state index contributed by atoms with van der Waals surface area (Å²) in [5, 5.41) is 20.1. The van der Waals surface area contributed by atoms with Gasteiger partial charge in [0.1, 0.15) is 23.1 Å². The number of aromatic carboxylic acids is 1. The molecule has 0 saturated heterocycles. The van der Waals surface area contributed by atoms with Crippen molar-refractivity contribution in [2.24, 2.45) is 7.05 Å². The first kappa shape index (κ1) is 36.6. The Morgan fingerprint density at radius 2 is 1.71 bits per heavy atom. The maximum Gasteiger partial charge on any atom is 0.352 e. The fourth-order valence-corrected chi connectivity index (χ4v) is 6.55. The molecule has 3 aromatic carbocycles.